The summed E-state index contributed by atoms with van der Waals surface area (Å²) < 4.78 is 11.5. The van der Waals surface area contributed by atoms with Gasteiger partial charge in [0.1, 0.15) is 11.9 Å². The van der Waals surface area contributed by atoms with Crippen LogP contribution in [0.5, 0.6) is 5.75 Å². The van der Waals surface area contributed by atoms with Crippen molar-refractivity contribution in [2.75, 3.05) is 13.1 Å². The molecule has 0 atom stereocenters. The average Bonchev–Trinajstić information content (AvgIpc) is 3.28. The lowest BCUT2D eigenvalue weighted by Crippen LogP contribution is -2.57. The summed E-state index contributed by atoms with van der Waals surface area (Å²) in [5, 5.41) is 4.07. The molecule has 0 unspecified atom stereocenters. The van der Waals surface area contributed by atoms with Gasteiger partial charge in [-0.15, -0.1) is 0 Å². The molecule has 24 heavy (non-hydrogen) atoms. The number of para-hydroxylation sites is 1. The summed E-state index contributed by atoms with van der Waals surface area (Å²) in [5.74, 6) is 2.67. The van der Waals surface area contributed by atoms with E-state index >= 15 is 0 Å². The van der Waals surface area contributed by atoms with Gasteiger partial charge in [0.2, 0.25) is 5.91 Å². The minimum Gasteiger partial charge on any atom is -0.486 e. The summed E-state index contributed by atoms with van der Waals surface area (Å²) >= 11 is 0. The predicted octanol–water partition coefficient (Wildman–Crippen LogP) is 2.86. The lowest BCUT2D eigenvalue weighted by molar-refractivity contribution is -0.143. The zero-order chi connectivity index (χ0) is 16.7. The zero-order valence-corrected chi connectivity index (χ0v) is 13.9. The molecule has 6 nitrogen and oxygen atoms in total. The molecule has 1 aromatic heterocycles. The molecule has 126 valence electrons. The van der Waals surface area contributed by atoms with Gasteiger partial charge in [0.05, 0.1) is 18.7 Å². The number of aromatic nitrogens is 2. The van der Waals surface area contributed by atoms with Crippen molar-refractivity contribution in [1.29, 1.82) is 0 Å². The Balaban J connectivity index is 1.45. The van der Waals surface area contributed by atoms with Gasteiger partial charge in [-0.2, -0.15) is 4.98 Å². The fourth-order valence-electron chi connectivity index (χ4n) is 2.84. The largest absolute Gasteiger partial charge is 0.486 e. The van der Waals surface area contributed by atoms with E-state index in [1.807, 2.05) is 43.0 Å². The van der Waals surface area contributed by atoms with Crippen molar-refractivity contribution in [3.63, 3.8) is 0 Å². The number of ether oxygens (including phenoxy) is 1. The van der Waals surface area contributed by atoms with Crippen LogP contribution >= 0.6 is 0 Å². The summed E-state index contributed by atoms with van der Waals surface area (Å²) in [4.78, 5) is 18.2. The van der Waals surface area contributed by atoms with E-state index in [1.54, 1.807) is 0 Å². The smallest absolute Gasteiger partial charge is 0.261 e. The Hall–Kier alpha value is -2.37. The highest BCUT2D eigenvalue weighted by Crippen LogP contribution is 2.39. The number of likely N-dealkylation sites (tertiary alicyclic amines) is 1. The Kier molecular flexibility index (Phi) is 3.75. The normalized spacial score (nSPS) is 17.9. The lowest BCUT2D eigenvalue weighted by atomic mass is 10.1. The quantitative estimate of drug-likeness (QED) is 0.844. The molecule has 1 saturated heterocycles. The topological polar surface area (TPSA) is 68.5 Å². The van der Waals surface area contributed by atoms with Gasteiger partial charge in [0.25, 0.3) is 5.89 Å². The third-order valence-electron chi connectivity index (χ3n) is 4.45. The number of amides is 1. The number of hydrogen-bond donors (Lipinski definition) is 0. The SMILES string of the molecule is CC(C)C(=O)N1CC(Oc2ccccc2-c2nc(C3CC3)no2)C1. The summed E-state index contributed by atoms with van der Waals surface area (Å²) in [6, 6.07) is 7.68. The van der Waals surface area contributed by atoms with Crippen molar-refractivity contribution in [3.05, 3.63) is 30.1 Å². The molecule has 1 aromatic carbocycles. The van der Waals surface area contributed by atoms with E-state index in [4.69, 9.17) is 9.26 Å². The van der Waals surface area contributed by atoms with Crippen LogP contribution < -0.4 is 4.74 Å². The van der Waals surface area contributed by atoms with E-state index in [0.29, 0.717) is 24.9 Å². The van der Waals surface area contributed by atoms with E-state index in [-0.39, 0.29) is 17.9 Å². The van der Waals surface area contributed by atoms with Crippen LogP contribution in [0.15, 0.2) is 28.8 Å². The van der Waals surface area contributed by atoms with Crippen molar-refractivity contribution in [2.24, 2.45) is 5.92 Å². The second kappa shape index (κ2) is 5.92. The number of carbonyl (C=O) groups is 1. The second-order valence-corrected chi connectivity index (χ2v) is 6.87. The molecule has 0 N–H and O–H groups in total. The first kappa shape index (κ1) is 15.2. The first-order chi connectivity index (χ1) is 11.6. The molecule has 2 aliphatic rings. The molecule has 2 heterocycles. The van der Waals surface area contributed by atoms with Gasteiger partial charge in [-0.1, -0.05) is 31.1 Å². The molecule has 1 saturated carbocycles. The molecule has 1 amide bonds. The number of rotatable bonds is 5. The van der Waals surface area contributed by atoms with Crippen LogP contribution in [0.4, 0.5) is 0 Å². The second-order valence-electron chi connectivity index (χ2n) is 6.87. The van der Waals surface area contributed by atoms with Gasteiger partial charge < -0.3 is 14.2 Å². The van der Waals surface area contributed by atoms with Crippen molar-refractivity contribution < 1.29 is 14.1 Å². The van der Waals surface area contributed by atoms with Crippen molar-refractivity contribution in [3.8, 4) is 17.2 Å². The highest BCUT2D eigenvalue weighted by Gasteiger charge is 2.34. The maximum Gasteiger partial charge on any atom is 0.261 e. The number of hydrogen-bond acceptors (Lipinski definition) is 5. The maximum absolute atomic E-state index is 11.9. The highest BCUT2D eigenvalue weighted by atomic mass is 16.5. The average molecular weight is 327 g/mol. The summed E-state index contributed by atoms with van der Waals surface area (Å²) in [6.45, 7) is 5.09. The maximum atomic E-state index is 11.9. The van der Waals surface area contributed by atoms with Crippen molar-refractivity contribution in [2.45, 2.75) is 38.7 Å². The van der Waals surface area contributed by atoms with Gasteiger partial charge in [0, 0.05) is 11.8 Å². The number of benzene rings is 1. The molecular formula is C18H21N3O3. The van der Waals surface area contributed by atoms with Gasteiger partial charge in [0.15, 0.2) is 5.82 Å². The zero-order valence-electron chi connectivity index (χ0n) is 13.9. The van der Waals surface area contributed by atoms with Crippen molar-refractivity contribution >= 4 is 5.91 Å². The molecule has 4 rings (SSSR count). The predicted molar refractivity (Wildman–Crippen MR) is 87.5 cm³/mol. The van der Waals surface area contributed by atoms with Crippen LogP contribution in [0, 0.1) is 5.92 Å². The fourth-order valence-corrected chi connectivity index (χ4v) is 2.84. The molecule has 1 aliphatic heterocycles. The molecular weight excluding hydrogens is 306 g/mol. The van der Waals surface area contributed by atoms with E-state index in [9.17, 15) is 4.79 Å². The minimum atomic E-state index is 0.0136. The first-order valence-electron chi connectivity index (χ1n) is 8.50. The van der Waals surface area contributed by atoms with Gasteiger partial charge >= 0.3 is 0 Å². The van der Waals surface area contributed by atoms with Gasteiger partial charge in [-0.05, 0) is 25.0 Å². The molecule has 2 aromatic rings. The van der Waals surface area contributed by atoms with Crippen molar-refractivity contribution in [1.82, 2.24) is 15.0 Å². The van der Waals surface area contributed by atoms with Gasteiger partial charge in [-0.3, -0.25) is 4.79 Å². The van der Waals surface area contributed by atoms with E-state index in [2.05, 4.69) is 10.1 Å². The monoisotopic (exact) mass is 327 g/mol. The third-order valence-corrected chi connectivity index (χ3v) is 4.45. The molecule has 0 bridgehead atoms. The molecule has 0 spiro atoms. The third kappa shape index (κ3) is 2.88. The minimum absolute atomic E-state index is 0.0136. The molecule has 0 radical (unpaired) electrons. The molecule has 2 fully saturated rings. The summed E-state index contributed by atoms with van der Waals surface area (Å²) in [6.07, 6.45) is 2.29. The lowest BCUT2D eigenvalue weighted by Gasteiger charge is -2.40. The van der Waals surface area contributed by atoms with E-state index in [1.165, 1.54) is 0 Å². The van der Waals surface area contributed by atoms with Crippen LogP contribution in [0.1, 0.15) is 38.4 Å². The van der Waals surface area contributed by atoms with E-state index < -0.39 is 0 Å². The van der Waals surface area contributed by atoms with Crippen LogP contribution in [-0.4, -0.2) is 40.1 Å². The Morgan fingerprint density at radius 3 is 2.75 bits per heavy atom. The van der Waals surface area contributed by atoms with Gasteiger partial charge in [-0.25, -0.2) is 0 Å². The van der Waals surface area contributed by atoms with Crippen LogP contribution in [0.25, 0.3) is 11.5 Å². The molecule has 6 heteroatoms. The molecule has 1 aliphatic carbocycles. The standard InChI is InChI=1S/C18H21N3O3/c1-11(2)18(22)21-9-13(10-21)23-15-6-4-3-5-14(15)17-19-16(20-24-17)12-7-8-12/h3-6,11-13H,7-10H2,1-2H3. The fraction of sp³-hybridized carbons (Fsp3) is 0.500. The first-order valence-corrected chi connectivity index (χ1v) is 8.50. The Labute approximate surface area is 140 Å². The highest BCUT2D eigenvalue weighted by molar-refractivity contribution is 5.79. The van der Waals surface area contributed by atoms with Crippen LogP contribution in [0.2, 0.25) is 0 Å². The Morgan fingerprint density at radius 1 is 1.29 bits per heavy atom. The van der Waals surface area contributed by atoms with E-state index in [0.717, 1.165) is 30.0 Å². The Morgan fingerprint density at radius 2 is 2.04 bits per heavy atom. The Bertz CT molecular complexity index is 745. The summed E-state index contributed by atoms with van der Waals surface area (Å²) in [7, 11) is 0. The number of carbonyl (C=O) groups excluding carboxylic acids is 1. The van der Waals surface area contributed by atoms with Crippen LogP contribution in [0.3, 0.4) is 0 Å². The summed E-state index contributed by atoms with van der Waals surface area (Å²) in [5.41, 5.74) is 0.811. The number of nitrogens with zero attached hydrogens (tertiary/aromatic N) is 3. The van der Waals surface area contributed by atoms with Crippen LogP contribution in [-0.2, 0) is 4.79 Å².